The molecule has 2 aromatic rings. The Bertz CT molecular complexity index is 981. The van der Waals surface area contributed by atoms with E-state index >= 15 is 0 Å². The molecule has 4 rings (SSSR count). The minimum Gasteiger partial charge on any atom is -0.390 e. The number of pyridine rings is 1. The number of nitrogens with two attached hydrogens (primary N) is 1. The SMILES string of the molecule is C[C@@H]1CCCN1Cc1ccc(-c2cnc(N)c(C(=O)CC3CCC(C)(O)CC3)c2)c(Cl)c1. The number of carbonyl (C=O) groups excluding carboxylic acids is 1. The summed E-state index contributed by atoms with van der Waals surface area (Å²) in [6.07, 6.45) is 7.80. The molecule has 2 heterocycles. The molecule has 1 aromatic carbocycles. The van der Waals surface area contributed by atoms with Gasteiger partial charge in [0.2, 0.25) is 0 Å². The maximum absolute atomic E-state index is 13.0. The van der Waals surface area contributed by atoms with E-state index in [1.807, 2.05) is 25.1 Å². The van der Waals surface area contributed by atoms with Crippen LogP contribution < -0.4 is 5.73 Å². The number of anilines is 1. The summed E-state index contributed by atoms with van der Waals surface area (Å²) in [5.74, 6) is 0.554. The molecule has 1 atom stereocenters. The van der Waals surface area contributed by atoms with Gasteiger partial charge in [-0.15, -0.1) is 0 Å². The predicted molar refractivity (Wildman–Crippen MR) is 130 cm³/mol. The highest BCUT2D eigenvalue weighted by atomic mass is 35.5. The molecule has 0 radical (unpaired) electrons. The van der Waals surface area contributed by atoms with Crippen LogP contribution in [0.15, 0.2) is 30.5 Å². The van der Waals surface area contributed by atoms with E-state index in [0.29, 0.717) is 23.0 Å². The molecule has 0 bridgehead atoms. The highest BCUT2D eigenvalue weighted by molar-refractivity contribution is 6.33. The summed E-state index contributed by atoms with van der Waals surface area (Å²) < 4.78 is 0. The van der Waals surface area contributed by atoms with Gasteiger partial charge >= 0.3 is 0 Å². The van der Waals surface area contributed by atoms with E-state index in [9.17, 15) is 9.90 Å². The van der Waals surface area contributed by atoms with Gasteiger partial charge in [0.05, 0.1) is 11.2 Å². The van der Waals surface area contributed by atoms with Crippen molar-refractivity contribution in [3.05, 3.63) is 46.6 Å². The molecule has 5 nitrogen and oxygen atoms in total. The molecule has 0 unspecified atom stereocenters. The van der Waals surface area contributed by atoms with Gasteiger partial charge in [-0.1, -0.05) is 23.7 Å². The average Bonchev–Trinajstić information content (AvgIpc) is 3.14. The van der Waals surface area contributed by atoms with E-state index in [-0.39, 0.29) is 17.5 Å². The van der Waals surface area contributed by atoms with Crippen LogP contribution in [0.5, 0.6) is 0 Å². The summed E-state index contributed by atoms with van der Waals surface area (Å²) in [6.45, 7) is 6.18. The first-order valence-electron chi connectivity index (χ1n) is 11.8. The molecule has 0 spiro atoms. The third-order valence-electron chi connectivity index (χ3n) is 7.30. The number of likely N-dealkylation sites (tertiary alicyclic amines) is 1. The lowest BCUT2D eigenvalue weighted by atomic mass is 9.77. The fourth-order valence-corrected chi connectivity index (χ4v) is 5.39. The Balaban J connectivity index is 1.49. The molecule has 6 heteroatoms. The van der Waals surface area contributed by atoms with E-state index in [2.05, 4.69) is 22.9 Å². The number of Topliss-reactive ketones (excluding diaryl/α,β-unsaturated/α-hetero) is 1. The van der Waals surface area contributed by atoms with Gasteiger partial charge in [0.15, 0.2) is 5.78 Å². The average molecular weight is 456 g/mol. The van der Waals surface area contributed by atoms with Gasteiger partial charge in [0.1, 0.15) is 5.82 Å². The molecule has 1 saturated carbocycles. The number of ketones is 1. The van der Waals surface area contributed by atoms with Crippen LogP contribution >= 0.6 is 11.6 Å². The number of nitrogen functional groups attached to an aromatic ring is 1. The van der Waals surface area contributed by atoms with Crippen molar-refractivity contribution < 1.29 is 9.90 Å². The van der Waals surface area contributed by atoms with E-state index in [4.69, 9.17) is 17.3 Å². The van der Waals surface area contributed by atoms with Crippen molar-refractivity contribution in [3.63, 3.8) is 0 Å². The van der Waals surface area contributed by atoms with E-state index in [1.165, 1.54) is 18.4 Å². The fraction of sp³-hybridized carbons (Fsp3) is 0.538. The molecule has 1 saturated heterocycles. The minimum absolute atomic E-state index is 0.0131. The highest BCUT2D eigenvalue weighted by Crippen LogP contribution is 2.35. The van der Waals surface area contributed by atoms with E-state index in [0.717, 1.165) is 49.9 Å². The maximum Gasteiger partial charge on any atom is 0.166 e. The molecular weight excluding hydrogens is 422 g/mol. The quantitative estimate of drug-likeness (QED) is 0.563. The standard InChI is InChI=1S/C26H34ClN3O2/c1-17-4-3-11-30(17)16-19-5-6-21(23(27)12-19)20-14-22(25(28)29-15-20)24(31)13-18-7-9-26(2,32)10-8-18/h5-6,12,14-15,17-18,32H,3-4,7-11,13,16H2,1-2H3,(H2,28,29)/t17-,18?,26?/m1/s1. The van der Waals surface area contributed by atoms with Crippen LogP contribution in [0.4, 0.5) is 5.82 Å². The highest BCUT2D eigenvalue weighted by Gasteiger charge is 2.30. The van der Waals surface area contributed by atoms with Crippen LogP contribution in [0.2, 0.25) is 5.02 Å². The largest absolute Gasteiger partial charge is 0.390 e. The van der Waals surface area contributed by atoms with Gasteiger partial charge in [-0.2, -0.15) is 0 Å². The molecule has 32 heavy (non-hydrogen) atoms. The molecule has 0 amide bonds. The van der Waals surface area contributed by atoms with Crippen molar-refractivity contribution in [2.45, 2.75) is 77.0 Å². The smallest absolute Gasteiger partial charge is 0.166 e. The second-order valence-electron chi connectivity index (χ2n) is 10.0. The van der Waals surface area contributed by atoms with Gasteiger partial charge in [0, 0.05) is 41.4 Å². The number of halogens is 1. The summed E-state index contributed by atoms with van der Waals surface area (Å²) in [5, 5.41) is 10.8. The number of hydrogen-bond acceptors (Lipinski definition) is 5. The number of aliphatic hydroxyl groups is 1. The number of nitrogens with zero attached hydrogens (tertiary/aromatic N) is 2. The van der Waals surface area contributed by atoms with Crippen molar-refractivity contribution in [3.8, 4) is 11.1 Å². The maximum atomic E-state index is 13.0. The van der Waals surface area contributed by atoms with Gasteiger partial charge in [0.25, 0.3) is 0 Å². The Kier molecular flexibility index (Phi) is 6.89. The van der Waals surface area contributed by atoms with Crippen molar-refractivity contribution in [2.24, 2.45) is 5.92 Å². The number of aromatic nitrogens is 1. The number of carbonyl (C=O) groups is 1. The molecule has 2 fully saturated rings. The zero-order valence-electron chi connectivity index (χ0n) is 19.1. The number of rotatable bonds is 6. The van der Waals surface area contributed by atoms with Crippen molar-refractivity contribution >= 4 is 23.2 Å². The Morgan fingerprint density at radius 3 is 2.69 bits per heavy atom. The van der Waals surface area contributed by atoms with Crippen LogP contribution in [-0.4, -0.2) is 39.0 Å². The van der Waals surface area contributed by atoms with E-state index < -0.39 is 5.60 Å². The van der Waals surface area contributed by atoms with Gasteiger partial charge in [-0.3, -0.25) is 9.69 Å². The summed E-state index contributed by atoms with van der Waals surface area (Å²) in [5.41, 5.74) is 8.80. The van der Waals surface area contributed by atoms with Gasteiger partial charge < -0.3 is 10.8 Å². The molecule has 3 N–H and O–H groups in total. The third-order valence-corrected chi connectivity index (χ3v) is 7.61. The topological polar surface area (TPSA) is 79.5 Å². The minimum atomic E-state index is -0.601. The van der Waals surface area contributed by atoms with Crippen LogP contribution in [0, 0.1) is 5.92 Å². The Morgan fingerprint density at radius 1 is 1.28 bits per heavy atom. The normalized spacial score (nSPS) is 26.4. The zero-order valence-corrected chi connectivity index (χ0v) is 19.9. The number of benzene rings is 1. The van der Waals surface area contributed by atoms with Crippen LogP contribution in [0.25, 0.3) is 11.1 Å². The molecule has 1 aliphatic heterocycles. The monoisotopic (exact) mass is 455 g/mol. The molecular formula is C26H34ClN3O2. The van der Waals surface area contributed by atoms with Crippen molar-refractivity contribution in [1.82, 2.24) is 9.88 Å². The zero-order chi connectivity index (χ0) is 22.9. The lowest BCUT2D eigenvalue weighted by molar-refractivity contribution is 0.00722. The van der Waals surface area contributed by atoms with Crippen LogP contribution in [-0.2, 0) is 6.54 Å². The van der Waals surface area contributed by atoms with Crippen LogP contribution in [0.1, 0.15) is 74.7 Å². The number of hydrogen-bond donors (Lipinski definition) is 2. The lowest BCUT2D eigenvalue weighted by Gasteiger charge is -2.32. The second-order valence-corrected chi connectivity index (χ2v) is 10.4. The Hall–Kier alpha value is -1.95. The van der Waals surface area contributed by atoms with Crippen LogP contribution in [0.3, 0.4) is 0 Å². The van der Waals surface area contributed by atoms with E-state index in [1.54, 1.807) is 6.20 Å². The summed E-state index contributed by atoms with van der Waals surface area (Å²) in [6, 6.07) is 8.58. The van der Waals surface area contributed by atoms with Crippen molar-refractivity contribution in [2.75, 3.05) is 12.3 Å². The van der Waals surface area contributed by atoms with Crippen molar-refractivity contribution in [1.29, 1.82) is 0 Å². The molecule has 1 aromatic heterocycles. The summed E-state index contributed by atoms with van der Waals surface area (Å²) in [7, 11) is 0. The Morgan fingerprint density at radius 2 is 2.03 bits per heavy atom. The van der Waals surface area contributed by atoms with Gasteiger partial charge in [-0.25, -0.2) is 4.98 Å². The first-order chi connectivity index (χ1) is 15.2. The third kappa shape index (κ3) is 5.33. The first kappa shape index (κ1) is 23.2. The molecule has 2 aliphatic rings. The predicted octanol–water partition coefficient (Wildman–Crippen LogP) is 5.48. The fourth-order valence-electron chi connectivity index (χ4n) is 5.07. The molecule has 1 aliphatic carbocycles. The summed E-state index contributed by atoms with van der Waals surface area (Å²) in [4.78, 5) is 19.8. The molecule has 172 valence electrons. The first-order valence-corrected chi connectivity index (χ1v) is 12.1. The Labute approximate surface area is 196 Å². The summed E-state index contributed by atoms with van der Waals surface area (Å²) >= 11 is 6.65. The lowest BCUT2D eigenvalue weighted by Crippen LogP contribution is -2.31. The van der Waals surface area contributed by atoms with Gasteiger partial charge in [-0.05, 0) is 82.5 Å². The second kappa shape index (κ2) is 9.50.